The Labute approximate surface area is 208 Å². The Hall–Kier alpha value is -3.65. The molecule has 1 heterocycles. The third-order valence-corrected chi connectivity index (χ3v) is 6.17. The van der Waals surface area contributed by atoms with E-state index in [4.69, 9.17) is 9.47 Å². The maximum atomic E-state index is 13.0. The number of thiophene rings is 1. The molecule has 3 rings (SSSR count). The molecule has 0 spiro atoms. The van der Waals surface area contributed by atoms with E-state index in [0.29, 0.717) is 12.4 Å². The van der Waals surface area contributed by atoms with E-state index in [9.17, 15) is 19.5 Å². The van der Waals surface area contributed by atoms with Gasteiger partial charge in [-0.15, -0.1) is 0 Å². The predicted molar refractivity (Wildman–Crippen MR) is 129 cm³/mol. The van der Waals surface area contributed by atoms with Crippen LogP contribution in [0.25, 0.3) is 0 Å². The van der Waals surface area contributed by atoms with Gasteiger partial charge in [-0.25, -0.2) is 0 Å². The van der Waals surface area contributed by atoms with Crippen LogP contribution in [0.15, 0.2) is 59.3 Å². The van der Waals surface area contributed by atoms with Crippen molar-refractivity contribution in [1.82, 2.24) is 0 Å². The quantitative estimate of drug-likeness (QED) is 0.255. The first kappa shape index (κ1) is 26.0. The van der Waals surface area contributed by atoms with Gasteiger partial charge in [0.1, 0.15) is 24.2 Å². The Morgan fingerprint density at radius 2 is 1.83 bits per heavy atom. The first-order valence-corrected chi connectivity index (χ1v) is 12.1. The summed E-state index contributed by atoms with van der Waals surface area (Å²) in [6, 6.07) is 14.4. The fourth-order valence-electron chi connectivity index (χ4n) is 3.54. The van der Waals surface area contributed by atoms with Crippen molar-refractivity contribution in [3.8, 4) is 11.5 Å². The number of aliphatic carboxylic acids is 1. The van der Waals surface area contributed by atoms with E-state index in [2.05, 4.69) is 4.74 Å². The number of carboxylic acid groups (broad SMARTS) is 1. The third-order valence-electron chi connectivity index (χ3n) is 5.44. The Bertz CT molecular complexity index is 1150. The molecule has 0 bridgehead atoms. The number of hydrogen-bond donors (Lipinski definition) is 0. The molecule has 1 unspecified atom stereocenters. The molecule has 0 radical (unpaired) electrons. The normalized spacial score (nSPS) is 11.5. The highest BCUT2D eigenvalue weighted by Gasteiger charge is 2.21. The van der Waals surface area contributed by atoms with Gasteiger partial charge < -0.3 is 24.1 Å². The van der Waals surface area contributed by atoms with Crippen molar-refractivity contribution >= 4 is 29.1 Å². The molecular formula is C27H27O7S-. The summed E-state index contributed by atoms with van der Waals surface area (Å²) in [4.78, 5) is 35.7. The Morgan fingerprint density at radius 1 is 1.03 bits per heavy atom. The second-order valence-electron chi connectivity index (χ2n) is 7.95. The van der Waals surface area contributed by atoms with Crippen LogP contribution in [-0.4, -0.2) is 24.8 Å². The highest BCUT2D eigenvalue weighted by atomic mass is 32.1. The van der Waals surface area contributed by atoms with Crippen LogP contribution < -0.4 is 14.6 Å². The van der Waals surface area contributed by atoms with E-state index in [1.807, 2.05) is 48.0 Å². The van der Waals surface area contributed by atoms with Gasteiger partial charge in [-0.1, -0.05) is 24.3 Å². The van der Waals surface area contributed by atoms with Gasteiger partial charge in [0.2, 0.25) is 0 Å². The molecule has 0 amide bonds. The van der Waals surface area contributed by atoms with Crippen LogP contribution in [0.4, 0.5) is 0 Å². The molecule has 7 nitrogen and oxygen atoms in total. The summed E-state index contributed by atoms with van der Waals surface area (Å²) in [5.74, 6) is -1.20. The number of ketones is 1. The number of methoxy groups -OCH3 is 1. The largest absolute Gasteiger partial charge is 0.550 e. The minimum atomic E-state index is -1.19. The second kappa shape index (κ2) is 12.7. The van der Waals surface area contributed by atoms with Crippen LogP contribution in [0.1, 0.15) is 58.8 Å². The maximum Gasteiger partial charge on any atom is 0.305 e. The standard InChI is InChI=1S/C27H28O7S/c1-18-5-3-4-6-21(18)24(10-11-26(29)30)34-25-15-20(33-16-19-13-14-35-17-19)7-8-22(25)23(28)9-12-27(31)32-2/h3-8,13-15,17,24H,9-12,16H2,1-2H3,(H,29,30)/p-1. The van der Waals surface area contributed by atoms with Gasteiger partial charge in [0, 0.05) is 18.5 Å². The number of carbonyl (C=O) groups is 3. The van der Waals surface area contributed by atoms with Gasteiger partial charge in [0.15, 0.2) is 5.78 Å². The number of carboxylic acids is 1. The van der Waals surface area contributed by atoms with E-state index in [1.165, 1.54) is 7.11 Å². The van der Waals surface area contributed by atoms with Gasteiger partial charge >= 0.3 is 5.97 Å². The highest BCUT2D eigenvalue weighted by molar-refractivity contribution is 7.07. The first-order valence-electron chi connectivity index (χ1n) is 11.2. The lowest BCUT2D eigenvalue weighted by molar-refractivity contribution is -0.306. The van der Waals surface area contributed by atoms with Crippen molar-refractivity contribution < 1.29 is 33.7 Å². The fourth-order valence-corrected chi connectivity index (χ4v) is 4.20. The number of hydrogen-bond acceptors (Lipinski definition) is 8. The molecule has 0 aliphatic rings. The van der Waals surface area contributed by atoms with E-state index in [-0.39, 0.29) is 42.8 Å². The molecule has 3 aromatic rings. The number of ether oxygens (including phenoxy) is 3. The number of rotatable bonds is 13. The molecule has 0 aliphatic heterocycles. The van der Waals surface area contributed by atoms with Gasteiger partial charge in [-0.3, -0.25) is 9.59 Å². The maximum absolute atomic E-state index is 13.0. The van der Waals surface area contributed by atoms with E-state index in [1.54, 1.807) is 29.5 Å². The van der Waals surface area contributed by atoms with Gasteiger partial charge in [0.05, 0.1) is 19.1 Å². The molecule has 0 N–H and O–H groups in total. The molecule has 184 valence electrons. The molecule has 0 saturated heterocycles. The summed E-state index contributed by atoms with van der Waals surface area (Å²) in [6.45, 7) is 2.26. The molecule has 0 saturated carbocycles. The van der Waals surface area contributed by atoms with Crippen LogP contribution in [0.2, 0.25) is 0 Å². The molecule has 1 atom stereocenters. The van der Waals surface area contributed by atoms with Crippen LogP contribution in [0.3, 0.4) is 0 Å². The summed E-state index contributed by atoms with van der Waals surface area (Å²) in [7, 11) is 1.27. The summed E-state index contributed by atoms with van der Waals surface area (Å²) in [5, 5.41) is 15.1. The smallest absolute Gasteiger partial charge is 0.305 e. The minimum absolute atomic E-state index is 0.0494. The van der Waals surface area contributed by atoms with Gasteiger partial charge in [0.25, 0.3) is 0 Å². The predicted octanol–water partition coefficient (Wildman–Crippen LogP) is 4.42. The van der Waals surface area contributed by atoms with Crippen molar-refractivity contribution in [2.45, 2.75) is 45.3 Å². The molecule has 2 aromatic carbocycles. The van der Waals surface area contributed by atoms with Crippen LogP contribution in [0.5, 0.6) is 11.5 Å². The molecule has 0 aliphatic carbocycles. The topological polar surface area (TPSA) is 102 Å². The van der Waals surface area contributed by atoms with Crippen LogP contribution >= 0.6 is 11.3 Å². The summed E-state index contributed by atoms with van der Waals surface area (Å²) in [6.07, 6.45) is -0.793. The van der Waals surface area contributed by atoms with Crippen molar-refractivity contribution in [3.63, 3.8) is 0 Å². The van der Waals surface area contributed by atoms with E-state index in [0.717, 1.165) is 16.7 Å². The zero-order valence-electron chi connectivity index (χ0n) is 19.7. The van der Waals surface area contributed by atoms with E-state index >= 15 is 0 Å². The SMILES string of the molecule is COC(=O)CCC(=O)c1ccc(OCc2ccsc2)cc1OC(CCC(=O)[O-])c1ccccc1C. The Balaban J connectivity index is 1.91. The fraction of sp³-hybridized carbons (Fsp3) is 0.296. The monoisotopic (exact) mass is 495 g/mol. The van der Waals surface area contributed by atoms with E-state index < -0.39 is 18.0 Å². The minimum Gasteiger partial charge on any atom is -0.550 e. The average Bonchev–Trinajstić information content (AvgIpc) is 3.38. The molecule has 35 heavy (non-hydrogen) atoms. The van der Waals surface area contributed by atoms with Crippen molar-refractivity contribution in [3.05, 3.63) is 81.5 Å². The van der Waals surface area contributed by atoms with Crippen LogP contribution in [-0.2, 0) is 20.9 Å². The number of benzene rings is 2. The average molecular weight is 496 g/mol. The third kappa shape index (κ3) is 7.68. The zero-order valence-corrected chi connectivity index (χ0v) is 20.5. The van der Waals surface area contributed by atoms with Crippen molar-refractivity contribution in [2.24, 2.45) is 0 Å². The Morgan fingerprint density at radius 3 is 2.51 bits per heavy atom. The number of aryl methyl sites for hydroxylation is 1. The van der Waals surface area contributed by atoms with Gasteiger partial charge in [-0.2, -0.15) is 11.3 Å². The Kier molecular flexibility index (Phi) is 9.43. The summed E-state index contributed by atoms with van der Waals surface area (Å²) < 4.78 is 16.8. The summed E-state index contributed by atoms with van der Waals surface area (Å²) in [5.41, 5.74) is 3.04. The first-order chi connectivity index (χ1) is 16.9. The van der Waals surface area contributed by atoms with Crippen molar-refractivity contribution in [2.75, 3.05) is 7.11 Å². The zero-order chi connectivity index (χ0) is 25.2. The number of carbonyl (C=O) groups excluding carboxylic acids is 3. The lowest BCUT2D eigenvalue weighted by atomic mass is 9.99. The van der Waals surface area contributed by atoms with Crippen molar-refractivity contribution in [1.29, 1.82) is 0 Å². The van der Waals surface area contributed by atoms with Crippen LogP contribution in [0, 0.1) is 6.92 Å². The molecule has 1 aromatic heterocycles. The number of esters is 1. The molecular weight excluding hydrogens is 468 g/mol. The lowest BCUT2D eigenvalue weighted by Crippen LogP contribution is -2.23. The molecule has 8 heteroatoms. The lowest BCUT2D eigenvalue weighted by Gasteiger charge is -2.23. The second-order valence-corrected chi connectivity index (χ2v) is 8.73. The van der Waals surface area contributed by atoms with Gasteiger partial charge in [-0.05, 0) is 65.4 Å². The summed E-state index contributed by atoms with van der Waals surface area (Å²) >= 11 is 1.57. The highest BCUT2D eigenvalue weighted by Crippen LogP contribution is 2.34. The molecule has 0 fully saturated rings. The number of Topliss-reactive ketones (excluding diaryl/α,β-unsaturated/α-hetero) is 1.